The van der Waals surface area contributed by atoms with E-state index in [9.17, 15) is 14.9 Å². The van der Waals surface area contributed by atoms with Crippen molar-refractivity contribution in [3.8, 4) is 11.4 Å². The Morgan fingerprint density at radius 1 is 1.24 bits per heavy atom. The van der Waals surface area contributed by atoms with Gasteiger partial charge in [-0.3, -0.25) is 19.5 Å². The number of hydrogen-bond acceptors (Lipinski definition) is 9. The fourth-order valence-electron chi connectivity index (χ4n) is 2.77. The summed E-state index contributed by atoms with van der Waals surface area (Å²) in [5.74, 6) is 1.06. The van der Waals surface area contributed by atoms with E-state index in [0.717, 1.165) is 15.3 Å². The molecule has 3 heterocycles. The molecule has 148 valence electrons. The fourth-order valence-corrected chi connectivity index (χ4v) is 4.65. The van der Waals surface area contributed by atoms with Gasteiger partial charge in [-0.25, -0.2) is 4.98 Å². The predicted molar refractivity (Wildman–Crippen MR) is 110 cm³/mol. The molecule has 1 aromatic carbocycles. The summed E-state index contributed by atoms with van der Waals surface area (Å²) in [5, 5.41) is 15.9. The first kappa shape index (κ1) is 19.3. The van der Waals surface area contributed by atoms with Crippen molar-refractivity contribution in [1.29, 1.82) is 0 Å². The third kappa shape index (κ3) is 3.54. The van der Waals surface area contributed by atoms with Crippen molar-refractivity contribution in [1.82, 2.24) is 19.7 Å². The Labute approximate surface area is 172 Å². The summed E-state index contributed by atoms with van der Waals surface area (Å²) in [6.45, 7) is 3.91. The SMILES string of the molecule is Cc1sc2nc(SCc3nc(-c4ccc([N+](=O)[O-])cc4)no3)n(C)c(=O)c2c1C. The van der Waals surface area contributed by atoms with Gasteiger partial charge in [-0.1, -0.05) is 16.9 Å². The monoisotopic (exact) mass is 429 g/mol. The van der Waals surface area contributed by atoms with E-state index in [4.69, 9.17) is 4.52 Å². The van der Waals surface area contributed by atoms with Gasteiger partial charge >= 0.3 is 0 Å². The molecule has 3 aromatic heterocycles. The fraction of sp³-hybridized carbons (Fsp3) is 0.222. The standard InChI is InChI=1S/C18H15N5O4S2/c1-9-10(2)29-16-14(9)17(24)22(3)18(20-16)28-8-13-19-15(21-27-13)11-4-6-12(7-5-11)23(25)26/h4-7H,8H2,1-3H3. The van der Waals surface area contributed by atoms with Crippen LogP contribution in [0, 0.1) is 24.0 Å². The van der Waals surface area contributed by atoms with Crippen LogP contribution in [-0.2, 0) is 12.8 Å². The normalized spacial score (nSPS) is 11.3. The molecule has 4 aromatic rings. The molecule has 0 saturated carbocycles. The van der Waals surface area contributed by atoms with E-state index >= 15 is 0 Å². The predicted octanol–water partition coefficient (Wildman–Crippen LogP) is 3.86. The number of fused-ring (bicyclic) bond motifs is 1. The zero-order valence-electron chi connectivity index (χ0n) is 15.7. The van der Waals surface area contributed by atoms with Gasteiger partial charge in [0, 0.05) is 29.6 Å². The Morgan fingerprint density at radius 3 is 2.66 bits per heavy atom. The number of thiophene rings is 1. The molecular weight excluding hydrogens is 414 g/mol. The Morgan fingerprint density at radius 2 is 1.97 bits per heavy atom. The van der Waals surface area contributed by atoms with Crippen molar-refractivity contribution in [2.24, 2.45) is 7.05 Å². The number of hydrogen-bond donors (Lipinski definition) is 0. The number of benzene rings is 1. The van der Waals surface area contributed by atoms with Crippen molar-refractivity contribution < 1.29 is 9.45 Å². The molecule has 0 aliphatic carbocycles. The Hall–Kier alpha value is -3.05. The molecular formula is C18H15N5O4S2. The van der Waals surface area contributed by atoms with Crippen molar-refractivity contribution in [2.75, 3.05) is 0 Å². The van der Waals surface area contributed by atoms with Gasteiger partial charge in [-0.05, 0) is 31.5 Å². The van der Waals surface area contributed by atoms with Gasteiger partial charge in [0.25, 0.3) is 11.2 Å². The lowest BCUT2D eigenvalue weighted by Crippen LogP contribution is -2.19. The van der Waals surface area contributed by atoms with Crippen LogP contribution >= 0.6 is 23.1 Å². The van der Waals surface area contributed by atoms with E-state index in [0.29, 0.717) is 33.6 Å². The molecule has 0 fully saturated rings. The third-order valence-corrected chi connectivity index (χ3v) is 6.61. The molecule has 0 amide bonds. The van der Waals surface area contributed by atoms with Gasteiger partial charge in [0.2, 0.25) is 11.7 Å². The first-order valence-corrected chi connectivity index (χ1v) is 10.3. The zero-order chi connectivity index (χ0) is 20.7. The van der Waals surface area contributed by atoms with Crippen molar-refractivity contribution in [3.05, 3.63) is 61.1 Å². The van der Waals surface area contributed by atoms with Gasteiger partial charge in [0.1, 0.15) is 4.83 Å². The number of nitro benzene ring substituents is 1. The molecule has 0 N–H and O–H groups in total. The van der Waals surface area contributed by atoms with Crippen LogP contribution in [0.1, 0.15) is 16.3 Å². The maximum absolute atomic E-state index is 12.7. The molecule has 0 atom stereocenters. The minimum Gasteiger partial charge on any atom is -0.338 e. The van der Waals surface area contributed by atoms with Crippen LogP contribution in [-0.4, -0.2) is 24.6 Å². The summed E-state index contributed by atoms with van der Waals surface area (Å²) >= 11 is 2.84. The molecule has 0 aliphatic rings. The van der Waals surface area contributed by atoms with Crippen LogP contribution in [0.25, 0.3) is 21.6 Å². The van der Waals surface area contributed by atoms with E-state index in [1.165, 1.54) is 39.8 Å². The summed E-state index contributed by atoms with van der Waals surface area (Å²) in [6.07, 6.45) is 0. The summed E-state index contributed by atoms with van der Waals surface area (Å²) in [6, 6.07) is 5.92. The molecule has 29 heavy (non-hydrogen) atoms. The van der Waals surface area contributed by atoms with Gasteiger partial charge in [-0.2, -0.15) is 4.98 Å². The maximum Gasteiger partial charge on any atom is 0.269 e. The van der Waals surface area contributed by atoms with Gasteiger partial charge < -0.3 is 4.52 Å². The topological polar surface area (TPSA) is 117 Å². The molecule has 11 heteroatoms. The lowest BCUT2D eigenvalue weighted by molar-refractivity contribution is -0.384. The molecule has 0 aliphatic heterocycles. The van der Waals surface area contributed by atoms with Crippen LogP contribution in [0.5, 0.6) is 0 Å². The average molecular weight is 429 g/mol. The average Bonchev–Trinajstić information content (AvgIpc) is 3.28. The lowest BCUT2D eigenvalue weighted by Gasteiger charge is -2.05. The second-order valence-corrected chi connectivity index (χ2v) is 8.47. The number of nitrogens with zero attached hydrogens (tertiary/aromatic N) is 5. The number of aryl methyl sites for hydroxylation is 2. The first-order valence-electron chi connectivity index (χ1n) is 8.52. The highest BCUT2D eigenvalue weighted by molar-refractivity contribution is 7.98. The summed E-state index contributed by atoms with van der Waals surface area (Å²) in [4.78, 5) is 33.7. The molecule has 9 nitrogen and oxygen atoms in total. The third-order valence-electron chi connectivity index (χ3n) is 4.50. The van der Waals surface area contributed by atoms with Crippen molar-refractivity contribution in [3.63, 3.8) is 0 Å². The van der Waals surface area contributed by atoms with Gasteiger partial charge in [0.15, 0.2) is 5.16 Å². The maximum atomic E-state index is 12.7. The van der Waals surface area contributed by atoms with Crippen LogP contribution in [0.15, 0.2) is 38.7 Å². The number of non-ortho nitro benzene ring substituents is 1. The molecule has 0 saturated heterocycles. The smallest absolute Gasteiger partial charge is 0.269 e. The summed E-state index contributed by atoms with van der Waals surface area (Å²) in [7, 11) is 1.69. The molecule has 0 radical (unpaired) electrons. The van der Waals surface area contributed by atoms with Crippen molar-refractivity contribution in [2.45, 2.75) is 24.8 Å². The quantitative estimate of drug-likeness (QED) is 0.203. The Balaban J connectivity index is 1.55. The van der Waals surface area contributed by atoms with E-state index < -0.39 is 4.92 Å². The van der Waals surface area contributed by atoms with Crippen molar-refractivity contribution >= 4 is 39.0 Å². The summed E-state index contributed by atoms with van der Waals surface area (Å²) in [5.41, 5.74) is 1.51. The molecule has 0 spiro atoms. The van der Waals surface area contributed by atoms with Crippen LogP contribution in [0.2, 0.25) is 0 Å². The highest BCUT2D eigenvalue weighted by Crippen LogP contribution is 2.29. The van der Waals surface area contributed by atoms with Crippen LogP contribution in [0.4, 0.5) is 5.69 Å². The second-order valence-electron chi connectivity index (χ2n) is 6.33. The number of thioether (sulfide) groups is 1. The van der Waals surface area contributed by atoms with E-state index in [-0.39, 0.29) is 11.2 Å². The van der Waals surface area contributed by atoms with E-state index in [2.05, 4.69) is 15.1 Å². The minimum absolute atomic E-state index is 0.00513. The molecule has 0 unspecified atom stereocenters. The highest BCUT2D eigenvalue weighted by atomic mass is 32.2. The van der Waals surface area contributed by atoms with Crippen LogP contribution in [0.3, 0.4) is 0 Å². The molecule has 0 bridgehead atoms. The second kappa shape index (κ2) is 7.41. The number of nitro groups is 1. The minimum atomic E-state index is -0.466. The van der Waals surface area contributed by atoms with E-state index in [1.807, 2.05) is 13.8 Å². The highest BCUT2D eigenvalue weighted by Gasteiger charge is 2.16. The van der Waals surface area contributed by atoms with Gasteiger partial charge in [-0.15, -0.1) is 11.3 Å². The molecule has 4 rings (SSSR count). The Kier molecular flexibility index (Phi) is 4.92. The first-order chi connectivity index (χ1) is 13.8. The van der Waals surface area contributed by atoms with Crippen LogP contribution < -0.4 is 5.56 Å². The largest absolute Gasteiger partial charge is 0.338 e. The Bertz CT molecular complexity index is 1290. The lowest BCUT2D eigenvalue weighted by atomic mass is 10.2. The number of rotatable bonds is 5. The zero-order valence-corrected chi connectivity index (χ0v) is 17.3. The van der Waals surface area contributed by atoms with Gasteiger partial charge in [0.05, 0.1) is 16.1 Å². The van der Waals surface area contributed by atoms with E-state index in [1.54, 1.807) is 19.2 Å². The summed E-state index contributed by atoms with van der Waals surface area (Å²) < 4.78 is 6.80. The number of aromatic nitrogens is 4.